The molecule has 1 aromatic rings. The fourth-order valence-electron chi connectivity index (χ4n) is 8.19. The number of carbonyl (C=O) groups is 3. The Kier molecular flexibility index (Phi) is 29.2. The van der Waals surface area contributed by atoms with Crippen molar-refractivity contribution < 1.29 is 66.6 Å². The molecule has 0 saturated heterocycles. The second-order valence-electron chi connectivity index (χ2n) is 19.4. The van der Waals surface area contributed by atoms with Gasteiger partial charge in [0.05, 0.1) is 46.1 Å². The molecule has 15 heteroatoms. The van der Waals surface area contributed by atoms with Gasteiger partial charge in [0.15, 0.2) is 6.10 Å². The lowest BCUT2D eigenvalue weighted by Gasteiger charge is -2.24. The Morgan fingerprint density at radius 2 is 1.31 bits per heavy atom. The maximum atomic E-state index is 12.9. The number of quaternary nitrogens is 1. The predicted molar refractivity (Wildman–Crippen MR) is 253 cm³/mol. The molecular formula is C50H89NO13P+. The number of Topliss-reactive ketones (excluding diaryl/α,β-unsaturated/α-hetero) is 1. The van der Waals surface area contributed by atoms with E-state index in [2.05, 4.69) is 27.7 Å². The molecule has 2 rings (SSSR count). The van der Waals surface area contributed by atoms with Gasteiger partial charge in [-0.15, -0.1) is 0 Å². The number of rotatable bonds is 38. The summed E-state index contributed by atoms with van der Waals surface area (Å²) in [6, 6.07) is 0. The van der Waals surface area contributed by atoms with Gasteiger partial charge in [-0.25, -0.2) is 4.57 Å². The molecule has 1 aliphatic rings. The van der Waals surface area contributed by atoms with Crippen molar-refractivity contribution in [3.63, 3.8) is 0 Å². The second kappa shape index (κ2) is 32.4. The van der Waals surface area contributed by atoms with Gasteiger partial charge in [-0.05, 0) is 63.5 Å². The Hall–Kier alpha value is -2.42. The monoisotopic (exact) mass is 943 g/mol. The Morgan fingerprint density at radius 3 is 1.94 bits per heavy atom. The number of esters is 2. The van der Waals surface area contributed by atoms with Crippen molar-refractivity contribution in [1.82, 2.24) is 0 Å². The van der Waals surface area contributed by atoms with E-state index in [4.69, 9.17) is 22.9 Å². The molecule has 0 aromatic carbocycles. The molecule has 376 valence electrons. The topological polar surface area (TPSA) is 199 Å². The third kappa shape index (κ3) is 26.1. The summed E-state index contributed by atoms with van der Waals surface area (Å²) in [7, 11) is 1.26. The van der Waals surface area contributed by atoms with Crippen LogP contribution in [0.1, 0.15) is 178 Å². The number of likely N-dealkylation sites (N-methyl/N-ethyl adjacent to an activating group) is 1. The Labute approximate surface area is 391 Å². The van der Waals surface area contributed by atoms with Gasteiger partial charge in [0.1, 0.15) is 37.1 Å². The highest BCUT2D eigenvalue weighted by molar-refractivity contribution is 7.47. The molecule has 0 bridgehead atoms. The lowest BCUT2D eigenvalue weighted by Crippen LogP contribution is -2.37. The molecule has 0 spiro atoms. The van der Waals surface area contributed by atoms with Crippen LogP contribution < -0.4 is 0 Å². The molecule has 1 heterocycles. The highest BCUT2D eigenvalue weighted by Crippen LogP contribution is 2.43. The number of furan rings is 1. The molecule has 1 fully saturated rings. The van der Waals surface area contributed by atoms with E-state index >= 15 is 0 Å². The smallest absolute Gasteiger partial charge is 0.466 e. The molecule has 0 amide bonds. The number of hydrogen-bond donors (Lipinski definition) is 4. The lowest BCUT2D eigenvalue weighted by atomic mass is 9.87. The SMILES string of the molecule is CCCCCc1oc(CCCCCCCCCCC(=O)O[C@H](COC(=O)CCCCC(=O)C[C@@H]2[C@@H](/C=C/[C@@H](O)CCCCC)[C@H](O)C[C@@H]2O)COP(=O)(O)OCC[N+](C)(C)C)c(C)c1C. The average Bonchev–Trinajstić information content (AvgIpc) is 3.66. The first-order valence-corrected chi connectivity index (χ1v) is 26.4. The minimum Gasteiger partial charge on any atom is -0.466 e. The molecule has 14 nitrogen and oxygen atoms in total. The number of unbranched alkanes of at least 4 members (excludes halogenated alkanes) is 12. The van der Waals surface area contributed by atoms with Crippen molar-refractivity contribution >= 4 is 25.5 Å². The van der Waals surface area contributed by atoms with Gasteiger partial charge in [-0.2, -0.15) is 0 Å². The van der Waals surface area contributed by atoms with Crippen molar-refractivity contribution in [3.8, 4) is 0 Å². The van der Waals surface area contributed by atoms with Crippen LogP contribution in [0.3, 0.4) is 0 Å². The molecule has 1 unspecified atom stereocenters. The molecule has 0 radical (unpaired) electrons. The Balaban J connectivity index is 1.75. The van der Waals surface area contributed by atoms with E-state index in [9.17, 15) is 39.2 Å². The van der Waals surface area contributed by atoms with Gasteiger partial charge in [-0.1, -0.05) is 96.6 Å². The number of nitrogens with zero attached hydrogens (tertiary/aromatic N) is 1. The van der Waals surface area contributed by atoms with Crippen LogP contribution >= 0.6 is 7.82 Å². The molecular weight excluding hydrogens is 854 g/mol. The van der Waals surface area contributed by atoms with Crippen molar-refractivity contribution in [2.75, 3.05) is 47.5 Å². The van der Waals surface area contributed by atoms with Crippen LogP contribution in [0.5, 0.6) is 0 Å². The van der Waals surface area contributed by atoms with Crippen molar-refractivity contribution in [3.05, 3.63) is 34.8 Å². The first-order valence-electron chi connectivity index (χ1n) is 24.9. The molecule has 1 aliphatic carbocycles. The molecule has 7 atom stereocenters. The number of aliphatic hydroxyl groups excluding tert-OH is 3. The molecule has 0 aliphatic heterocycles. The number of aryl methyl sites for hydroxylation is 2. The summed E-state index contributed by atoms with van der Waals surface area (Å²) >= 11 is 0. The molecule has 65 heavy (non-hydrogen) atoms. The maximum absolute atomic E-state index is 12.9. The van der Waals surface area contributed by atoms with E-state index in [0.717, 1.165) is 88.6 Å². The van der Waals surface area contributed by atoms with Gasteiger partial charge in [0, 0.05) is 56.8 Å². The zero-order chi connectivity index (χ0) is 48.3. The second-order valence-corrected chi connectivity index (χ2v) is 20.9. The van der Waals surface area contributed by atoms with Crippen molar-refractivity contribution in [2.45, 2.75) is 206 Å². The summed E-state index contributed by atoms with van der Waals surface area (Å²) in [4.78, 5) is 48.7. The zero-order valence-corrected chi connectivity index (χ0v) is 42.2. The quantitative estimate of drug-likeness (QED) is 0.0161. The summed E-state index contributed by atoms with van der Waals surface area (Å²) < 4.78 is 40.5. The predicted octanol–water partition coefficient (Wildman–Crippen LogP) is 9.35. The maximum Gasteiger partial charge on any atom is 0.472 e. The van der Waals surface area contributed by atoms with E-state index in [1.165, 1.54) is 30.4 Å². The van der Waals surface area contributed by atoms with Crippen molar-refractivity contribution in [2.24, 2.45) is 11.8 Å². The number of hydrogen-bond acceptors (Lipinski definition) is 12. The van der Waals surface area contributed by atoms with E-state index in [0.29, 0.717) is 36.7 Å². The minimum absolute atomic E-state index is 0.00308. The van der Waals surface area contributed by atoms with E-state index in [1.54, 1.807) is 12.2 Å². The lowest BCUT2D eigenvalue weighted by molar-refractivity contribution is -0.870. The third-order valence-corrected chi connectivity index (χ3v) is 13.5. The first kappa shape index (κ1) is 58.7. The van der Waals surface area contributed by atoms with E-state index < -0.39 is 62.6 Å². The number of phosphoric ester groups is 1. The number of ketones is 1. The van der Waals surface area contributed by atoms with Gasteiger partial charge in [0.2, 0.25) is 0 Å². The van der Waals surface area contributed by atoms with Crippen LogP contribution in [0.25, 0.3) is 0 Å². The summed E-state index contributed by atoms with van der Waals surface area (Å²) in [6.07, 6.45) is 18.6. The van der Waals surface area contributed by atoms with Crippen LogP contribution in [0.2, 0.25) is 0 Å². The number of phosphoric acid groups is 1. The summed E-state index contributed by atoms with van der Waals surface area (Å²) in [5.41, 5.74) is 2.61. The van der Waals surface area contributed by atoms with Crippen LogP contribution in [0.4, 0.5) is 0 Å². The first-order chi connectivity index (χ1) is 30.9. The molecule has 4 N–H and O–H groups in total. The van der Waals surface area contributed by atoms with E-state index in [1.807, 2.05) is 21.1 Å². The normalized spacial score (nSPS) is 19.7. The van der Waals surface area contributed by atoms with Crippen LogP contribution in [-0.4, -0.2) is 114 Å². The van der Waals surface area contributed by atoms with Gasteiger partial charge < -0.3 is 38.6 Å². The third-order valence-electron chi connectivity index (χ3n) is 12.5. The highest BCUT2D eigenvalue weighted by atomic mass is 31.2. The minimum atomic E-state index is -4.48. The Bertz CT molecular complexity index is 1570. The summed E-state index contributed by atoms with van der Waals surface area (Å²) in [5, 5.41) is 31.4. The largest absolute Gasteiger partial charge is 0.472 e. The molecule has 1 saturated carbocycles. The summed E-state index contributed by atoms with van der Waals surface area (Å²) in [5.74, 6) is 0.203. The number of carbonyl (C=O) groups excluding carboxylic acids is 3. The summed E-state index contributed by atoms with van der Waals surface area (Å²) in [6.45, 7) is 8.17. The van der Waals surface area contributed by atoms with E-state index in [-0.39, 0.29) is 51.1 Å². The fraction of sp³-hybridized carbons (Fsp3) is 0.820. The van der Waals surface area contributed by atoms with Crippen molar-refractivity contribution in [1.29, 1.82) is 0 Å². The molecule has 1 aromatic heterocycles. The van der Waals surface area contributed by atoms with Crippen LogP contribution in [0.15, 0.2) is 16.6 Å². The zero-order valence-electron chi connectivity index (χ0n) is 41.3. The van der Waals surface area contributed by atoms with Crippen LogP contribution in [0, 0.1) is 25.7 Å². The highest BCUT2D eigenvalue weighted by Gasteiger charge is 2.41. The number of aliphatic hydroxyl groups is 3. The fourth-order valence-corrected chi connectivity index (χ4v) is 8.93. The van der Waals surface area contributed by atoms with Crippen LogP contribution in [-0.2, 0) is 50.3 Å². The number of ether oxygens (including phenoxy) is 2. The van der Waals surface area contributed by atoms with Gasteiger partial charge >= 0.3 is 19.8 Å². The average molecular weight is 943 g/mol. The standard InChI is InChI=1S/C50H88NO13P/c1-8-10-18-24-40(52)30-31-43-44(46(55)35-45(43)54)34-41(53)25-22-23-28-49(56)60-36-42(37-62-65(58,59)61-33-32-51(5,6)7)63-50(57)29-21-17-15-13-12-14-16-20-27-48-39(4)38(3)47(64-48)26-19-11-9-2/h30-31,40,42-46,52,54-55H,8-29,32-37H2,1-7H3/p+1/b31-30+/t40-,42+,43+,44+,45+,46-/m0/s1. The van der Waals surface area contributed by atoms with Gasteiger partial charge in [-0.3, -0.25) is 23.4 Å². The van der Waals surface area contributed by atoms with Gasteiger partial charge in [0.25, 0.3) is 0 Å². The Morgan fingerprint density at radius 1 is 0.754 bits per heavy atom.